The first kappa shape index (κ1) is 15.3. The van der Waals surface area contributed by atoms with Gasteiger partial charge in [0.1, 0.15) is 6.54 Å². The van der Waals surface area contributed by atoms with Gasteiger partial charge < -0.3 is 19.8 Å². The van der Waals surface area contributed by atoms with Gasteiger partial charge in [0.2, 0.25) is 5.91 Å². The number of rotatable bonds is 3. The number of carbonyl (C=O) groups is 4. The second kappa shape index (κ2) is 6.11. The van der Waals surface area contributed by atoms with E-state index in [0.717, 1.165) is 0 Å². The molecule has 0 aliphatic carbocycles. The molecule has 8 nitrogen and oxygen atoms in total. The van der Waals surface area contributed by atoms with Crippen molar-refractivity contribution < 1.29 is 24.3 Å². The van der Waals surface area contributed by atoms with Crippen LogP contribution in [0, 0.1) is 5.92 Å². The number of likely N-dealkylation sites (tertiary alicyclic amines) is 1. The van der Waals surface area contributed by atoms with Gasteiger partial charge in [-0.15, -0.1) is 0 Å². The number of piperazine rings is 1. The molecule has 2 rings (SSSR count). The highest BCUT2D eigenvalue weighted by atomic mass is 16.4. The zero-order chi connectivity index (χ0) is 15.6. The maximum absolute atomic E-state index is 12.1. The van der Waals surface area contributed by atoms with Gasteiger partial charge in [-0.2, -0.15) is 0 Å². The van der Waals surface area contributed by atoms with Crippen LogP contribution in [0.5, 0.6) is 0 Å². The lowest BCUT2D eigenvalue weighted by Crippen LogP contribution is -2.55. The molecule has 2 saturated heterocycles. The van der Waals surface area contributed by atoms with Crippen LogP contribution >= 0.6 is 0 Å². The van der Waals surface area contributed by atoms with Crippen LogP contribution in [0.4, 0.5) is 0 Å². The molecular weight excluding hydrogens is 278 g/mol. The molecule has 0 saturated carbocycles. The third-order valence-electron chi connectivity index (χ3n) is 4.05. The van der Waals surface area contributed by atoms with E-state index < -0.39 is 23.7 Å². The Morgan fingerprint density at radius 2 is 1.71 bits per heavy atom. The van der Waals surface area contributed by atoms with E-state index in [-0.39, 0.29) is 12.5 Å². The van der Waals surface area contributed by atoms with Crippen molar-refractivity contribution in [3.63, 3.8) is 0 Å². The molecule has 0 atom stereocenters. The summed E-state index contributed by atoms with van der Waals surface area (Å²) in [6.07, 6.45) is 0.855. The Balaban J connectivity index is 1.86. The molecule has 0 aromatic rings. The molecule has 0 radical (unpaired) electrons. The van der Waals surface area contributed by atoms with Gasteiger partial charge >= 0.3 is 17.8 Å². The smallest absolute Gasteiger partial charge is 0.312 e. The van der Waals surface area contributed by atoms with Gasteiger partial charge in [0.25, 0.3) is 0 Å². The number of carboxylic acids is 1. The Morgan fingerprint density at radius 1 is 1.10 bits per heavy atom. The van der Waals surface area contributed by atoms with Crippen LogP contribution in [0.2, 0.25) is 0 Å². The van der Waals surface area contributed by atoms with E-state index in [2.05, 4.69) is 0 Å². The summed E-state index contributed by atoms with van der Waals surface area (Å²) in [7, 11) is 1.55. The van der Waals surface area contributed by atoms with Crippen molar-refractivity contribution in [3.8, 4) is 0 Å². The molecule has 21 heavy (non-hydrogen) atoms. The minimum atomic E-state index is -0.832. The zero-order valence-corrected chi connectivity index (χ0v) is 11.9. The molecule has 2 heterocycles. The van der Waals surface area contributed by atoms with Gasteiger partial charge in [-0.25, -0.2) is 0 Å². The average molecular weight is 297 g/mol. The van der Waals surface area contributed by atoms with Gasteiger partial charge in [0.05, 0.1) is 5.92 Å². The number of nitrogens with zero attached hydrogens (tertiary/aromatic N) is 3. The first-order valence-corrected chi connectivity index (χ1v) is 6.95. The normalized spacial score (nSPS) is 20.9. The van der Waals surface area contributed by atoms with E-state index in [1.807, 2.05) is 0 Å². The van der Waals surface area contributed by atoms with Crippen molar-refractivity contribution in [2.24, 2.45) is 5.92 Å². The van der Waals surface area contributed by atoms with Crippen LogP contribution in [0.1, 0.15) is 12.8 Å². The number of hydrogen-bond donors (Lipinski definition) is 1. The van der Waals surface area contributed by atoms with Crippen molar-refractivity contribution in [1.29, 1.82) is 0 Å². The van der Waals surface area contributed by atoms with Crippen LogP contribution in [0.25, 0.3) is 0 Å². The second-order valence-electron chi connectivity index (χ2n) is 5.45. The van der Waals surface area contributed by atoms with Crippen LogP contribution in [-0.4, -0.2) is 83.3 Å². The van der Waals surface area contributed by atoms with Crippen molar-refractivity contribution in [3.05, 3.63) is 0 Å². The summed E-state index contributed by atoms with van der Waals surface area (Å²) in [5.74, 6) is -2.72. The van der Waals surface area contributed by atoms with Gasteiger partial charge in [-0.1, -0.05) is 0 Å². The molecule has 0 spiro atoms. The van der Waals surface area contributed by atoms with Crippen molar-refractivity contribution >= 4 is 23.7 Å². The Labute approximate surface area is 122 Å². The Kier molecular flexibility index (Phi) is 4.44. The first-order chi connectivity index (χ1) is 9.90. The molecule has 2 aliphatic heterocycles. The minimum absolute atomic E-state index is 0.115. The van der Waals surface area contributed by atoms with Crippen molar-refractivity contribution in [2.45, 2.75) is 12.8 Å². The quantitative estimate of drug-likeness (QED) is 0.647. The van der Waals surface area contributed by atoms with E-state index in [4.69, 9.17) is 5.11 Å². The summed E-state index contributed by atoms with van der Waals surface area (Å²) < 4.78 is 0. The molecule has 8 heteroatoms. The second-order valence-corrected chi connectivity index (χ2v) is 5.45. The standard InChI is InChI=1S/C13H19N3O5/c1-14-6-7-16(12(19)11(14)18)8-10(17)15-4-2-9(3-5-15)13(20)21/h9H,2-8H2,1H3,(H,20,21). The number of likely N-dealkylation sites (N-methyl/N-ethyl adjacent to an activating group) is 1. The van der Waals surface area contributed by atoms with Crippen LogP contribution in [0.15, 0.2) is 0 Å². The molecule has 3 amide bonds. The number of aliphatic carboxylic acids is 1. The summed E-state index contributed by atoms with van der Waals surface area (Å²) in [6.45, 7) is 1.41. The maximum atomic E-state index is 12.1. The van der Waals surface area contributed by atoms with Crippen LogP contribution in [0.3, 0.4) is 0 Å². The minimum Gasteiger partial charge on any atom is -0.481 e. The fourth-order valence-corrected chi connectivity index (χ4v) is 2.56. The Hall–Kier alpha value is -2.12. The predicted molar refractivity (Wildman–Crippen MR) is 71.2 cm³/mol. The molecule has 2 aliphatic rings. The molecule has 0 aromatic heterocycles. The number of amides is 3. The summed E-state index contributed by atoms with van der Waals surface area (Å²) in [6, 6.07) is 0. The Morgan fingerprint density at radius 3 is 2.29 bits per heavy atom. The van der Waals surface area contributed by atoms with Crippen LogP contribution in [-0.2, 0) is 19.2 Å². The van der Waals surface area contributed by atoms with E-state index in [9.17, 15) is 19.2 Å². The third kappa shape index (κ3) is 3.32. The van der Waals surface area contributed by atoms with Crippen molar-refractivity contribution in [1.82, 2.24) is 14.7 Å². The van der Waals surface area contributed by atoms with E-state index in [0.29, 0.717) is 39.0 Å². The highest BCUT2D eigenvalue weighted by Gasteiger charge is 2.33. The molecule has 2 fully saturated rings. The van der Waals surface area contributed by atoms with Gasteiger partial charge in [-0.3, -0.25) is 19.2 Å². The highest BCUT2D eigenvalue weighted by Crippen LogP contribution is 2.17. The fourth-order valence-electron chi connectivity index (χ4n) is 2.56. The van der Waals surface area contributed by atoms with Crippen molar-refractivity contribution in [2.75, 3.05) is 39.8 Å². The SMILES string of the molecule is CN1CCN(CC(=O)N2CCC(C(=O)O)CC2)C(=O)C1=O. The van der Waals surface area contributed by atoms with E-state index >= 15 is 0 Å². The predicted octanol–water partition coefficient (Wildman–Crippen LogP) is -1.39. The first-order valence-electron chi connectivity index (χ1n) is 6.95. The lowest BCUT2D eigenvalue weighted by atomic mass is 9.97. The summed E-state index contributed by atoms with van der Waals surface area (Å²) in [5.41, 5.74) is 0. The summed E-state index contributed by atoms with van der Waals surface area (Å²) >= 11 is 0. The lowest BCUT2D eigenvalue weighted by molar-refractivity contribution is -0.157. The number of carbonyl (C=O) groups excluding carboxylic acids is 3. The molecular formula is C13H19N3O5. The topological polar surface area (TPSA) is 98.2 Å². The van der Waals surface area contributed by atoms with E-state index in [1.54, 1.807) is 11.9 Å². The highest BCUT2D eigenvalue weighted by molar-refractivity contribution is 6.35. The maximum Gasteiger partial charge on any atom is 0.312 e. The summed E-state index contributed by atoms with van der Waals surface area (Å²) in [4.78, 5) is 50.5. The number of hydrogen-bond acceptors (Lipinski definition) is 4. The largest absolute Gasteiger partial charge is 0.481 e. The molecule has 0 bridgehead atoms. The summed E-state index contributed by atoms with van der Waals surface area (Å²) in [5, 5.41) is 8.91. The lowest BCUT2D eigenvalue weighted by Gasteiger charge is -2.34. The number of carboxylic acid groups (broad SMARTS) is 1. The monoisotopic (exact) mass is 297 g/mol. The molecule has 0 aromatic carbocycles. The number of piperidine rings is 1. The Bertz CT molecular complexity index is 470. The molecule has 0 unspecified atom stereocenters. The molecule has 1 N–H and O–H groups in total. The van der Waals surface area contributed by atoms with Gasteiger partial charge in [0.15, 0.2) is 0 Å². The van der Waals surface area contributed by atoms with E-state index in [1.165, 1.54) is 9.80 Å². The average Bonchev–Trinajstić information content (AvgIpc) is 2.48. The zero-order valence-electron chi connectivity index (χ0n) is 11.9. The van der Waals surface area contributed by atoms with Crippen LogP contribution < -0.4 is 0 Å². The fraction of sp³-hybridized carbons (Fsp3) is 0.692. The van der Waals surface area contributed by atoms with Gasteiger partial charge in [0, 0.05) is 33.2 Å². The molecule has 116 valence electrons. The van der Waals surface area contributed by atoms with Gasteiger partial charge in [-0.05, 0) is 12.8 Å². The third-order valence-corrected chi connectivity index (χ3v) is 4.05.